The molecule has 1 aromatic heterocycles. The number of nitriles is 1. The van der Waals surface area contributed by atoms with Crippen molar-refractivity contribution in [2.75, 3.05) is 5.32 Å². The van der Waals surface area contributed by atoms with Crippen LogP contribution in [0.25, 0.3) is 11.0 Å². The van der Waals surface area contributed by atoms with Crippen molar-refractivity contribution < 1.29 is 13.9 Å². The number of rotatable bonds is 0. The molecule has 0 saturated heterocycles. The van der Waals surface area contributed by atoms with E-state index in [1.165, 1.54) is 0 Å². The van der Waals surface area contributed by atoms with Crippen molar-refractivity contribution in [1.29, 1.82) is 5.26 Å². The summed E-state index contributed by atoms with van der Waals surface area (Å²) in [6.45, 7) is 0. The van der Waals surface area contributed by atoms with E-state index in [4.69, 9.17) is 14.9 Å². The normalized spacial score (nSPS) is 20.0. The molecule has 1 spiro atoms. The van der Waals surface area contributed by atoms with Gasteiger partial charge in [-0.2, -0.15) is 5.26 Å². The molecule has 0 fully saturated rings. The standard InChI is InChI=1S/C20H11N3O4/c21-9-12-17(22)27-16-10-5-1-4-8-14(10)26-18(24)15(16)20(12)11-6-2-3-7-13(11)23-19(20)25/h1-8H,22H2,(H,23,25)/t20-/m1/s1. The molecule has 1 amide bonds. The van der Waals surface area contributed by atoms with Crippen molar-refractivity contribution >= 4 is 22.6 Å². The monoisotopic (exact) mass is 357 g/mol. The fourth-order valence-corrected chi connectivity index (χ4v) is 3.91. The number of amides is 1. The minimum Gasteiger partial charge on any atom is -0.439 e. The summed E-state index contributed by atoms with van der Waals surface area (Å²) in [7, 11) is 0. The fourth-order valence-electron chi connectivity index (χ4n) is 3.91. The zero-order valence-corrected chi connectivity index (χ0v) is 13.8. The molecule has 3 aromatic rings. The first kappa shape index (κ1) is 15.2. The molecular weight excluding hydrogens is 346 g/mol. The number of anilines is 1. The van der Waals surface area contributed by atoms with Gasteiger partial charge in [-0.25, -0.2) is 4.79 Å². The van der Waals surface area contributed by atoms with Crippen molar-refractivity contribution in [3.05, 3.63) is 81.5 Å². The third kappa shape index (κ3) is 1.69. The van der Waals surface area contributed by atoms with Crippen LogP contribution in [0.4, 0.5) is 5.69 Å². The highest BCUT2D eigenvalue weighted by Gasteiger charge is 2.58. The maximum Gasteiger partial charge on any atom is 0.345 e. The molecular formula is C20H11N3O4. The van der Waals surface area contributed by atoms with Gasteiger partial charge in [0.2, 0.25) is 11.8 Å². The van der Waals surface area contributed by atoms with Gasteiger partial charge in [-0.05, 0) is 18.2 Å². The van der Waals surface area contributed by atoms with Crippen molar-refractivity contribution in [2.24, 2.45) is 5.73 Å². The van der Waals surface area contributed by atoms with Gasteiger partial charge in [0.1, 0.15) is 22.8 Å². The summed E-state index contributed by atoms with van der Waals surface area (Å²) in [5.74, 6) is -0.631. The molecule has 0 unspecified atom stereocenters. The van der Waals surface area contributed by atoms with Crippen LogP contribution in [0, 0.1) is 11.3 Å². The number of para-hydroxylation sites is 2. The molecule has 0 aliphatic carbocycles. The maximum atomic E-state index is 13.2. The second-order valence-electron chi connectivity index (χ2n) is 6.29. The van der Waals surface area contributed by atoms with Crippen LogP contribution in [0.3, 0.4) is 0 Å². The zero-order chi connectivity index (χ0) is 18.8. The SMILES string of the molecule is N#CC1=C(N)Oc2c(c(=O)oc3ccccc23)[C@]12C(=O)Nc1ccccc12. The summed E-state index contributed by atoms with van der Waals surface area (Å²) in [6.07, 6.45) is 0. The number of fused-ring (bicyclic) bond motifs is 6. The van der Waals surface area contributed by atoms with Gasteiger partial charge in [0.15, 0.2) is 11.2 Å². The van der Waals surface area contributed by atoms with E-state index in [1.54, 1.807) is 48.5 Å². The molecule has 0 saturated carbocycles. The van der Waals surface area contributed by atoms with Gasteiger partial charge in [0, 0.05) is 11.3 Å². The quantitative estimate of drug-likeness (QED) is 0.595. The summed E-state index contributed by atoms with van der Waals surface area (Å²) in [5, 5.41) is 13.0. The second-order valence-corrected chi connectivity index (χ2v) is 6.29. The van der Waals surface area contributed by atoms with E-state index >= 15 is 0 Å². The van der Waals surface area contributed by atoms with Gasteiger partial charge in [-0.3, -0.25) is 4.79 Å². The van der Waals surface area contributed by atoms with Crippen LogP contribution >= 0.6 is 0 Å². The summed E-state index contributed by atoms with van der Waals surface area (Å²) in [5.41, 5.74) is 4.65. The molecule has 0 radical (unpaired) electrons. The number of nitrogens with one attached hydrogen (secondary N) is 1. The highest BCUT2D eigenvalue weighted by Crippen LogP contribution is 2.53. The van der Waals surface area contributed by atoms with Gasteiger partial charge in [0.25, 0.3) is 0 Å². The number of carbonyl (C=O) groups excluding carboxylic acids is 1. The zero-order valence-electron chi connectivity index (χ0n) is 13.8. The Hall–Kier alpha value is -4.05. The van der Waals surface area contributed by atoms with Gasteiger partial charge < -0.3 is 20.2 Å². The topological polar surface area (TPSA) is 118 Å². The van der Waals surface area contributed by atoms with Crippen molar-refractivity contribution in [1.82, 2.24) is 0 Å². The Morgan fingerprint density at radius 1 is 1.07 bits per heavy atom. The number of ether oxygens (including phenoxy) is 1. The number of hydrogen-bond acceptors (Lipinski definition) is 6. The van der Waals surface area contributed by atoms with Gasteiger partial charge >= 0.3 is 5.63 Å². The predicted molar refractivity (Wildman–Crippen MR) is 95.8 cm³/mol. The van der Waals surface area contributed by atoms with Crippen molar-refractivity contribution in [2.45, 2.75) is 5.41 Å². The number of nitrogens with zero attached hydrogens (tertiary/aromatic N) is 1. The number of benzene rings is 2. The highest BCUT2D eigenvalue weighted by atomic mass is 16.5. The summed E-state index contributed by atoms with van der Waals surface area (Å²) < 4.78 is 11.1. The third-order valence-electron chi connectivity index (χ3n) is 5.01. The first-order valence-corrected chi connectivity index (χ1v) is 8.14. The molecule has 3 heterocycles. The minimum absolute atomic E-state index is 0.0469. The first-order chi connectivity index (χ1) is 13.1. The van der Waals surface area contributed by atoms with Crippen LogP contribution in [0.1, 0.15) is 11.1 Å². The van der Waals surface area contributed by atoms with E-state index in [1.807, 2.05) is 6.07 Å². The number of carbonyl (C=O) groups is 1. The lowest BCUT2D eigenvalue weighted by atomic mass is 9.69. The van der Waals surface area contributed by atoms with Crippen molar-refractivity contribution in [3.8, 4) is 11.8 Å². The number of hydrogen-bond donors (Lipinski definition) is 2. The minimum atomic E-state index is -1.71. The fraction of sp³-hybridized carbons (Fsp3) is 0.0500. The maximum absolute atomic E-state index is 13.2. The molecule has 0 bridgehead atoms. The van der Waals surface area contributed by atoms with E-state index < -0.39 is 16.9 Å². The molecule has 27 heavy (non-hydrogen) atoms. The Kier molecular flexibility index (Phi) is 2.81. The Morgan fingerprint density at radius 3 is 2.63 bits per heavy atom. The second kappa shape index (κ2) is 4.99. The van der Waals surface area contributed by atoms with Gasteiger partial charge in [-0.1, -0.05) is 30.3 Å². The molecule has 2 aliphatic rings. The molecule has 2 aliphatic heterocycles. The molecule has 130 valence electrons. The lowest BCUT2D eigenvalue weighted by Crippen LogP contribution is -2.45. The lowest BCUT2D eigenvalue weighted by Gasteiger charge is -2.32. The average molecular weight is 357 g/mol. The Labute approximate surface area is 152 Å². The molecule has 3 N–H and O–H groups in total. The third-order valence-corrected chi connectivity index (χ3v) is 5.01. The van der Waals surface area contributed by atoms with E-state index in [0.717, 1.165) is 0 Å². The first-order valence-electron chi connectivity index (χ1n) is 8.14. The molecule has 7 nitrogen and oxygen atoms in total. The number of nitrogens with two attached hydrogens (primary N) is 1. The predicted octanol–water partition coefficient (Wildman–Crippen LogP) is 2.12. The van der Waals surface area contributed by atoms with E-state index in [2.05, 4.69) is 5.32 Å². The lowest BCUT2D eigenvalue weighted by molar-refractivity contribution is -0.118. The largest absolute Gasteiger partial charge is 0.439 e. The Balaban J connectivity index is 2.03. The smallest absolute Gasteiger partial charge is 0.345 e. The Morgan fingerprint density at radius 2 is 1.81 bits per heavy atom. The van der Waals surface area contributed by atoms with E-state index in [-0.39, 0.29) is 22.8 Å². The van der Waals surface area contributed by atoms with Crippen molar-refractivity contribution in [3.63, 3.8) is 0 Å². The molecule has 2 aromatic carbocycles. The molecule has 5 rings (SSSR count). The molecule has 1 atom stereocenters. The van der Waals surface area contributed by atoms with Gasteiger partial charge in [-0.15, -0.1) is 0 Å². The van der Waals surface area contributed by atoms with E-state index in [9.17, 15) is 14.9 Å². The van der Waals surface area contributed by atoms with Crippen LogP contribution < -0.4 is 21.4 Å². The summed E-state index contributed by atoms with van der Waals surface area (Å²) in [4.78, 5) is 26.1. The summed E-state index contributed by atoms with van der Waals surface area (Å²) in [6, 6.07) is 15.6. The van der Waals surface area contributed by atoms with Crippen LogP contribution in [0.15, 0.2) is 69.2 Å². The average Bonchev–Trinajstić information content (AvgIpc) is 2.94. The van der Waals surface area contributed by atoms with Crippen LogP contribution in [0.2, 0.25) is 0 Å². The highest BCUT2D eigenvalue weighted by molar-refractivity contribution is 6.13. The Bertz CT molecular complexity index is 1300. The van der Waals surface area contributed by atoms with Crippen LogP contribution in [-0.2, 0) is 10.2 Å². The van der Waals surface area contributed by atoms with E-state index in [0.29, 0.717) is 22.2 Å². The summed E-state index contributed by atoms with van der Waals surface area (Å²) >= 11 is 0. The van der Waals surface area contributed by atoms with Gasteiger partial charge in [0.05, 0.1) is 5.39 Å². The van der Waals surface area contributed by atoms with Crippen LogP contribution in [0.5, 0.6) is 5.75 Å². The van der Waals surface area contributed by atoms with Crippen LogP contribution in [-0.4, -0.2) is 5.91 Å². The molecule has 7 heteroatoms.